The zero-order chi connectivity index (χ0) is 19.5. The minimum absolute atomic E-state index is 0.0449. The fourth-order valence-electron chi connectivity index (χ4n) is 4.08. The number of hydrogen-bond acceptors (Lipinski definition) is 4. The lowest BCUT2D eigenvalue weighted by atomic mass is 10.0. The summed E-state index contributed by atoms with van der Waals surface area (Å²) in [5.74, 6) is 1.39. The van der Waals surface area contributed by atoms with E-state index in [-0.39, 0.29) is 24.0 Å². The van der Waals surface area contributed by atoms with E-state index in [0.29, 0.717) is 18.9 Å². The molecule has 1 N–H and O–H groups in total. The number of carbonyl (C=O) groups excluding carboxylic acids is 1. The number of piperidine rings is 1. The predicted octanol–water partition coefficient (Wildman–Crippen LogP) is 2.91. The van der Waals surface area contributed by atoms with E-state index in [9.17, 15) is 10.1 Å². The molecular weight excluding hydrogens is 350 g/mol. The van der Waals surface area contributed by atoms with Crippen LogP contribution in [0.3, 0.4) is 0 Å². The number of likely N-dealkylation sites (tertiary alicyclic amines) is 1. The number of hydrogen-bond donors (Lipinski definition) is 1. The molecule has 0 radical (unpaired) electrons. The molecule has 4 atom stereocenters. The van der Waals surface area contributed by atoms with Crippen LogP contribution in [0, 0.1) is 17.2 Å². The smallest absolute Gasteiger partial charge is 0.241 e. The molecule has 2 fully saturated rings. The lowest BCUT2D eigenvalue weighted by molar-refractivity contribution is -0.134. The summed E-state index contributed by atoms with van der Waals surface area (Å²) in [5, 5.41) is 12.5. The highest BCUT2D eigenvalue weighted by atomic mass is 16.5. The van der Waals surface area contributed by atoms with Crippen molar-refractivity contribution in [3.05, 3.63) is 65.7 Å². The van der Waals surface area contributed by atoms with Gasteiger partial charge in [-0.1, -0.05) is 42.5 Å². The highest BCUT2D eigenvalue weighted by molar-refractivity contribution is 5.84. The van der Waals surface area contributed by atoms with Gasteiger partial charge in [0, 0.05) is 6.04 Å². The summed E-state index contributed by atoms with van der Waals surface area (Å²) in [4.78, 5) is 14.8. The van der Waals surface area contributed by atoms with Gasteiger partial charge < -0.3 is 15.0 Å². The van der Waals surface area contributed by atoms with Gasteiger partial charge in [-0.05, 0) is 55.5 Å². The van der Waals surface area contributed by atoms with Gasteiger partial charge in [0.1, 0.15) is 18.4 Å². The first kappa shape index (κ1) is 18.5. The van der Waals surface area contributed by atoms with E-state index in [2.05, 4.69) is 11.4 Å². The summed E-state index contributed by atoms with van der Waals surface area (Å²) in [6.45, 7) is 0.533. The number of ether oxygens (including phenoxy) is 1. The first-order valence-electron chi connectivity index (χ1n) is 9.84. The van der Waals surface area contributed by atoms with E-state index < -0.39 is 0 Å². The second-order valence-corrected chi connectivity index (χ2v) is 7.65. The molecule has 0 bridgehead atoms. The molecule has 0 aromatic heterocycles. The second-order valence-electron chi connectivity index (χ2n) is 7.65. The molecule has 144 valence electrons. The fraction of sp³-hybridized carbons (Fsp3) is 0.391. The van der Waals surface area contributed by atoms with Crippen LogP contribution in [0.4, 0.5) is 0 Å². The largest absolute Gasteiger partial charge is 0.489 e. The summed E-state index contributed by atoms with van der Waals surface area (Å²) in [6, 6.07) is 20.0. The molecule has 4 rings (SSSR count). The topological polar surface area (TPSA) is 65.4 Å². The molecule has 2 aromatic rings. The predicted molar refractivity (Wildman–Crippen MR) is 107 cm³/mol. The lowest BCUT2D eigenvalue weighted by Crippen LogP contribution is -2.49. The summed E-state index contributed by atoms with van der Waals surface area (Å²) in [7, 11) is 1.81. The molecule has 4 unspecified atom stereocenters. The molecule has 5 nitrogen and oxygen atoms in total. The highest BCUT2D eigenvalue weighted by Gasteiger charge is 2.54. The van der Waals surface area contributed by atoms with E-state index in [0.717, 1.165) is 29.7 Å². The van der Waals surface area contributed by atoms with Gasteiger partial charge in [-0.25, -0.2) is 0 Å². The van der Waals surface area contributed by atoms with Gasteiger partial charge in [0.15, 0.2) is 0 Å². The molecule has 2 aromatic carbocycles. The Hall–Kier alpha value is -2.84. The highest BCUT2D eigenvalue weighted by Crippen LogP contribution is 2.47. The third kappa shape index (κ3) is 3.88. The van der Waals surface area contributed by atoms with Crippen molar-refractivity contribution in [2.45, 2.75) is 44.0 Å². The van der Waals surface area contributed by atoms with E-state index in [4.69, 9.17) is 4.74 Å². The SMILES string of the molecule is CNC(Cc1ccc(OCc2ccccc2)cc1)C(=O)N1C(C#N)CC2CC21. The number of fused-ring (bicyclic) bond motifs is 1. The van der Waals surface area contributed by atoms with E-state index >= 15 is 0 Å². The number of rotatable bonds is 7. The molecule has 2 aliphatic rings. The summed E-state index contributed by atoms with van der Waals surface area (Å²) >= 11 is 0. The molecule has 5 heteroatoms. The molecule has 1 heterocycles. The Kier molecular flexibility index (Phi) is 5.31. The molecule has 0 spiro atoms. The normalized spacial score (nSPS) is 23.6. The van der Waals surface area contributed by atoms with Crippen LogP contribution >= 0.6 is 0 Å². The maximum absolute atomic E-state index is 13.0. The van der Waals surface area contributed by atoms with Crippen molar-refractivity contribution in [2.24, 2.45) is 5.92 Å². The lowest BCUT2D eigenvalue weighted by Gasteiger charge is -2.27. The Morgan fingerprint density at radius 2 is 1.93 bits per heavy atom. The number of nitrogens with one attached hydrogen (secondary N) is 1. The average molecular weight is 375 g/mol. The Morgan fingerprint density at radius 1 is 1.18 bits per heavy atom. The van der Waals surface area contributed by atoms with Gasteiger partial charge in [-0.3, -0.25) is 4.79 Å². The van der Waals surface area contributed by atoms with Gasteiger partial charge in [-0.15, -0.1) is 0 Å². The zero-order valence-corrected chi connectivity index (χ0v) is 16.0. The number of nitriles is 1. The van der Waals surface area contributed by atoms with E-state index in [1.54, 1.807) is 0 Å². The summed E-state index contributed by atoms with van der Waals surface area (Å²) < 4.78 is 5.83. The quantitative estimate of drug-likeness (QED) is 0.808. The van der Waals surface area contributed by atoms with Crippen LogP contribution in [0.1, 0.15) is 24.0 Å². The van der Waals surface area contributed by atoms with Crippen molar-refractivity contribution in [1.29, 1.82) is 5.26 Å². The number of benzene rings is 2. The number of likely N-dealkylation sites (N-methyl/N-ethyl adjacent to an activating group) is 1. The summed E-state index contributed by atoms with van der Waals surface area (Å²) in [5.41, 5.74) is 2.20. The van der Waals surface area contributed by atoms with Crippen LogP contribution in [0.25, 0.3) is 0 Å². The van der Waals surface area contributed by atoms with E-state index in [1.807, 2.05) is 66.5 Å². The van der Waals surface area contributed by atoms with Crippen LogP contribution in [0.5, 0.6) is 5.75 Å². The van der Waals surface area contributed by atoms with Crippen LogP contribution < -0.4 is 10.1 Å². The molecule has 1 saturated carbocycles. The molecule has 1 saturated heterocycles. The zero-order valence-electron chi connectivity index (χ0n) is 16.0. The summed E-state index contributed by atoms with van der Waals surface area (Å²) in [6.07, 6.45) is 2.48. The van der Waals surface area contributed by atoms with Gasteiger partial charge >= 0.3 is 0 Å². The van der Waals surface area contributed by atoms with Crippen LogP contribution in [-0.4, -0.2) is 36.0 Å². The number of nitrogens with zero attached hydrogens (tertiary/aromatic N) is 2. The minimum atomic E-state index is -0.314. The van der Waals surface area contributed by atoms with Crippen molar-refractivity contribution < 1.29 is 9.53 Å². The second kappa shape index (κ2) is 8.04. The number of carbonyl (C=O) groups is 1. The van der Waals surface area contributed by atoms with Gasteiger partial charge in [0.05, 0.1) is 12.1 Å². The maximum atomic E-state index is 13.0. The fourth-order valence-corrected chi connectivity index (χ4v) is 4.08. The molecule has 1 aliphatic carbocycles. The van der Waals surface area contributed by atoms with E-state index in [1.165, 1.54) is 0 Å². The Balaban J connectivity index is 1.36. The van der Waals surface area contributed by atoms with Crippen molar-refractivity contribution in [3.8, 4) is 11.8 Å². The van der Waals surface area contributed by atoms with Crippen LogP contribution in [-0.2, 0) is 17.8 Å². The molecule has 1 amide bonds. The van der Waals surface area contributed by atoms with Crippen molar-refractivity contribution in [1.82, 2.24) is 10.2 Å². The van der Waals surface area contributed by atoms with Crippen molar-refractivity contribution >= 4 is 5.91 Å². The van der Waals surface area contributed by atoms with Gasteiger partial charge in [0.2, 0.25) is 5.91 Å². The molecule has 28 heavy (non-hydrogen) atoms. The molecule has 1 aliphatic heterocycles. The maximum Gasteiger partial charge on any atom is 0.241 e. The van der Waals surface area contributed by atoms with Crippen LogP contribution in [0.2, 0.25) is 0 Å². The Labute approximate surface area is 165 Å². The van der Waals surface area contributed by atoms with Crippen molar-refractivity contribution in [2.75, 3.05) is 7.05 Å². The standard InChI is InChI=1S/C23H25N3O2/c1-25-21(23(27)26-19(14-24)12-18-13-22(18)26)11-16-7-9-20(10-8-16)28-15-17-5-3-2-4-6-17/h2-10,18-19,21-22,25H,11-13,15H2,1H3. The monoisotopic (exact) mass is 375 g/mol. The Morgan fingerprint density at radius 3 is 2.61 bits per heavy atom. The first-order valence-corrected chi connectivity index (χ1v) is 9.84. The van der Waals surface area contributed by atoms with Gasteiger partial charge in [-0.2, -0.15) is 5.26 Å². The van der Waals surface area contributed by atoms with Crippen molar-refractivity contribution in [3.63, 3.8) is 0 Å². The van der Waals surface area contributed by atoms with Crippen LogP contribution in [0.15, 0.2) is 54.6 Å². The van der Waals surface area contributed by atoms with Gasteiger partial charge in [0.25, 0.3) is 0 Å². The minimum Gasteiger partial charge on any atom is -0.489 e. The molecular formula is C23H25N3O2. The number of amides is 1. The Bertz CT molecular complexity index is 860. The first-order chi connectivity index (χ1) is 13.7. The third-order valence-corrected chi connectivity index (χ3v) is 5.77. The third-order valence-electron chi connectivity index (χ3n) is 5.77. The average Bonchev–Trinajstić information content (AvgIpc) is 3.41.